The molecule has 1 N–H and O–H groups in total. The second kappa shape index (κ2) is 5.48. The Labute approximate surface area is 98.5 Å². The minimum absolute atomic E-state index is 0.604. The van der Waals surface area contributed by atoms with Crippen LogP contribution in [0.4, 0.5) is 0 Å². The van der Waals surface area contributed by atoms with Gasteiger partial charge in [0.1, 0.15) is 0 Å². The molecule has 0 aromatic carbocycles. The number of nitrogens with zero attached hydrogens (tertiary/aromatic N) is 2. The maximum atomic E-state index is 10.2. The zero-order valence-electron chi connectivity index (χ0n) is 11.0. The zero-order chi connectivity index (χ0) is 12.2. The molecule has 0 saturated heterocycles. The maximum Gasteiger partial charge on any atom is 0.0674 e. The third kappa shape index (κ3) is 3.34. The fourth-order valence-electron chi connectivity index (χ4n) is 2.12. The van der Waals surface area contributed by atoms with Gasteiger partial charge in [-0.1, -0.05) is 20.3 Å². The van der Waals surface area contributed by atoms with Crippen LogP contribution < -0.4 is 0 Å². The van der Waals surface area contributed by atoms with Crippen LogP contribution in [0.15, 0.2) is 6.07 Å². The Morgan fingerprint density at radius 1 is 1.38 bits per heavy atom. The van der Waals surface area contributed by atoms with Gasteiger partial charge in [0.05, 0.1) is 11.3 Å². The number of aliphatic hydroxyl groups is 1. The summed E-state index contributed by atoms with van der Waals surface area (Å²) in [6.07, 6.45) is 3.49. The topological polar surface area (TPSA) is 38.1 Å². The summed E-state index contributed by atoms with van der Waals surface area (Å²) >= 11 is 0. The predicted molar refractivity (Wildman–Crippen MR) is 66.5 cm³/mol. The monoisotopic (exact) mass is 224 g/mol. The minimum atomic E-state index is -0.604. The van der Waals surface area contributed by atoms with Crippen molar-refractivity contribution < 1.29 is 5.11 Å². The summed E-state index contributed by atoms with van der Waals surface area (Å²) in [5, 5.41) is 14.7. The van der Waals surface area contributed by atoms with Crippen LogP contribution in [0.25, 0.3) is 0 Å². The van der Waals surface area contributed by atoms with Crippen LogP contribution >= 0.6 is 0 Å². The van der Waals surface area contributed by atoms with Gasteiger partial charge in [-0.2, -0.15) is 5.10 Å². The first-order chi connectivity index (χ1) is 7.52. The molecule has 0 bridgehead atoms. The Balaban J connectivity index is 2.82. The van der Waals surface area contributed by atoms with Gasteiger partial charge in [0.2, 0.25) is 0 Å². The summed E-state index contributed by atoms with van der Waals surface area (Å²) in [4.78, 5) is 0. The number of hydrogen-bond acceptors (Lipinski definition) is 2. The molecule has 3 nitrogen and oxygen atoms in total. The van der Waals surface area contributed by atoms with Crippen LogP contribution in [0.1, 0.15) is 51.9 Å². The smallest absolute Gasteiger partial charge is 0.0674 e. The maximum absolute atomic E-state index is 10.2. The standard InChI is InChI=1S/C13H24N2O/c1-5-8-13(4,16)10-12-9-11(6-2)14-15(12)7-3/h9,16H,5-8,10H2,1-4H3. The molecule has 1 unspecified atom stereocenters. The molecule has 1 aromatic rings. The van der Waals surface area contributed by atoms with Crippen molar-refractivity contribution >= 4 is 0 Å². The normalized spacial score (nSPS) is 15.1. The van der Waals surface area contributed by atoms with E-state index >= 15 is 0 Å². The molecule has 16 heavy (non-hydrogen) atoms. The van der Waals surface area contributed by atoms with Gasteiger partial charge >= 0.3 is 0 Å². The third-order valence-corrected chi connectivity index (χ3v) is 2.93. The van der Waals surface area contributed by atoms with Crippen molar-refractivity contribution in [2.45, 2.75) is 65.5 Å². The van der Waals surface area contributed by atoms with E-state index in [-0.39, 0.29) is 0 Å². The Morgan fingerprint density at radius 3 is 2.56 bits per heavy atom. The molecule has 0 aliphatic rings. The molecule has 0 radical (unpaired) electrons. The van der Waals surface area contributed by atoms with Gasteiger partial charge in [-0.25, -0.2) is 0 Å². The van der Waals surface area contributed by atoms with E-state index in [1.807, 2.05) is 11.6 Å². The van der Waals surface area contributed by atoms with Crippen molar-refractivity contribution in [3.05, 3.63) is 17.5 Å². The van der Waals surface area contributed by atoms with E-state index in [1.54, 1.807) is 0 Å². The van der Waals surface area contributed by atoms with Gasteiger partial charge in [-0.15, -0.1) is 0 Å². The molecule has 0 amide bonds. The van der Waals surface area contributed by atoms with E-state index in [9.17, 15) is 5.11 Å². The Kier molecular flexibility index (Phi) is 4.54. The van der Waals surface area contributed by atoms with Gasteiger partial charge in [-0.05, 0) is 32.8 Å². The molecular weight excluding hydrogens is 200 g/mol. The molecule has 0 aliphatic heterocycles. The van der Waals surface area contributed by atoms with Gasteiger partial charge < -0.3 is 5.11 Å². The first kappa shape index (κ1) is 13.2. The average Bonchev–Trinajstić information content (AvgIpc) is 2.59. The quantitative estimate of drug-likeness (QED) is 0.806. The van der Waals surface area contributed by atoms with Crippen LogP contribution in [0.3, 0.4) is 0 Å². The minimum Gasteiger partial charge on any atom is -0.390 e. The van der Waals surface area contributed by atoms with Crippen LogP contribution in [-0.2, 0) is 19.4 Å². The molecule has 1 rings (SSSR count). The summed E-state index contributed by atoms with van der Waals surface area (Å²) in [5.74, 6) is 0. The van der Waals surface area contributed by atoms with Crippen LogP contribution in [0.2, 0.25) is 0 Å². The summed E-state index contributed by atoms with van der Waals surface area (Å²) in [6, 6.07) is 2.12. The highest BCUT2D eigenvalue weighted by Gasteiger charge is 2.22. The summed E-state index contributed by atoms with van der Waals surface area (Å²) in [7, 11) is 0. The van der Waals surface area contributed by atoms with Crippen LogP contribution in [-0.4, -0.2) is 20.5 Å². The molecule has 0 spiro atoms. The van der Waals surface area contributed by atoms with Crippen molar-refractivity contribution in [1.29, 1.82) is 0 Å². The second-order valence-electron chi connectivity index (χ2n) is 4.72. The fraction of sp³-hybridized carbons (Fsp3) is 0.769. The van der Waals surface area contributed by atoms with E-state index in [0.717, 1.165) is 37.2 Å². The van der Waals surface area contributed by atoms with E-state index < -0.39 is 5.60 Å². The molecule has 92 valence electrons. The highest BCUT2D eigenvalue weighted by atomic mass is 16.3. The number of hydrogen-bond donors (Lipinski definition) is 1. The highest BCUT2D eigenvalue weighted by molar-refractivity contribution is 5.12. The number of aryl methyl sites for hydroxylation is 2. The highest BCUT2D eigenvalue weighted by Crippen LogP contribution is 2.19. The largest absolute Gasteiger partial charge is 0.390 e. The number of rotatable bonds is 6. The SMILES string of the molecule is CCCC(C)(O)Cc1cc(CC)nn1CC. The summed E-state index contributed by atoms with van der Waals surface area (Å²) in [6.45, 7) is 9.08. The summed E-state index contributed by atoms with van der Waals surface area (Å²) < 4.78 is 2.00. The van der Waals surface area contributed by atoms with Crippen molar-refractivity contribution in [3.8, 4) is 0 Å². The molecule has 0 aliphatic carbocycles. The average molecular weight is 224 g/mol. The lowest BCUT2D eigenvalue weighted by molar-refractivity contribution is 0.0485. The van der Waals surface area contributed by atoms with Crippen molar-refractivity contribution in [1.82, 2.24) is 9.78 Å². The Bertz CT molecular complexity index is 329. The second-order valence-corrected chi connectivity index (χ2v) is 4.72. The first-order valence-electron chi connectivity index (χ1n) is 6.30. The predicted octanol–water partition coefficient (Wildman–Crippen LogP) is 2.56. The van der Waals surface area contributed by atoms with Crippen LogP contribution in [0, 0.1) is 0 Å². The van der Waals surface area contributed by atoms with Gasteiger partial charge in [-0.3, -0.25) is 4.68 Å². The fourth-order valence-corrected chi connectivity index (χ4v) is 2.12. The van der Waals surface area contributed by atoms with Gasteiger partial charge in [0.25, 0.3) is 0 Å². The van der Waals surface area contributed by atoms with E-state index in [4.69, 9.17) is 0 Å². The van der Waals surface area contributed by atoms with Crippen molar-refractivity contribution in [2.75, 3.05) is 0 Å². The molecular formula is C13H24N2O. The lowest BCUT2D eigenvalue weighted by atomic mass is 9.94. The summed E-state index contributed by atoms with van der Waals surface area (Å²) in [5.41, 5.74) is 1.66. The Hall–Kier alpha value is -0.830. The molecule has 1 heterocycles. The van der Waals surface area contributed by atoms with Crippen molar-refractivity contribution in [2.24, 2.45) is 0 Å². The van der Waals surface area contributed by atoms with E-state index in [1.165, 1.54) is 0 Å². The lowest BCUT2D eigenvalue weighted by Crippen LogP contribution is -2.28. The van der Waals surface area contributed by atoms with E-state index in [0.29, 0.717) is 6.42 Å². The molecule has 3 heteroatoms. The van der Waals surface area contributed by atoms with Crippen LogP contribution in [0.5, 0.6) is 0 Å². The van der Waals surface area contributed by atoms with Gasteiger partial charge in [0.15, 0.2) is 0 Å². The lowest BCUT2D eigenvalue weighted by Gasteiger charge is -2.22. The number of aromatic nitrogens is 2. The third-order valence-electron chi connectivity index (χ3n) is 2.93. The first-order valence-corrected chi connectivity index (χ1v) is 6.30. The van der Waals surface area contributed by atoms with E-state index in [2.05, 4.69) is 31.9 Å². The molecule has 0 saturated carbocycles. The zero-order valence-corrected chi connectivity index (χ0v) is 11.0. The molecule has 0 fully saturated rings. The van der Waals surface area contributed by atoms with Gasteiger partial charge in [0, 0.05) is 18.7 Å². The van der Waals surface area contributed by atoms with Crippen molar-refractivity contribution in [3.63, 3.8) is 0 Å². The molecule has 1 aromatic heterocycles. The Morgan fingerprint density at radius 2 is 2.06 bits per heavy atom. The molecule has 1 atom stereocenters.